The van der Waals surface area contributed by atoms with Crippen LogP contribution in [0.2, 0.25) is 0 Å². The fourth-order valence-corrected chi connectivity index (χ4v) is 2.75. The second-order valence-electron chi connectivity index (χ2n) is 4.82. The fraction of sp³-hybridized carbons (Fsp3) is 0.667. The molecule has 2 unspecified atom stereocenters. The largest absolute Gasteiger partial charge is 0.350 e. The van der Waals surface area contributed by atoms with E-state index in [1.807, 2.05) is 19.9 Å². The number of amides is 1. The number of ketones is 1. The minimum atomic E-state index is -0.544. The van der Waals surface area contributed by atoms with Crippen LogP contribution in [0.5, 0.6) is 0 Å². The van der Waals surface area contributed by atoms with Gasteiger partial charge in [-0.2, -0.15) is 0 Å². The van der Waals surface area contributed by atoms with Gasteiger partial charge in [0.15, 0.2) is 5.78 Å². The third-order valence-electron chi connectivity index (χ3n) is 3.31. The van der Waals surface area contributed by atoms with Crippen LogP contribution in [0.1, 0.15) is 33.6 Å². The summed E-state index contributed by atoms with van der Waals surface area (Å²) in [6, 6.07) is 0. The highest BCUT2D eigenvalue weighted by Crippen LogP contribution is 2.32. The maximum Gasteiger partial charge on any atom is 0.217 e. The molecule has 2 atom stereocenters. The van der Waals surface area contributed by atoms with E-state index in [4.69, 9.17) is 4.55 Å². The first-order valence-corrected chi connectivity index (χ1v) is 6.58. The molecule has 1 rings (SSSR count). The molecule has 0 fully saturated rings. The quantitative estimate of drug-likeness (QED) is 0.756. The van der Waals surface area contributed by atoms with Crippen molar-refractivity contribution in [3.8, 4) is 0 Å². The van der Waals surface area contributed by atoms with Gasteiger partial charge in [-0.3, -0.25) is 9.59 Å². The Bertz CT molecular complexity index is 354. The molecule has 0 aromatic rings. The summed E-state index contributed by atoms with van der Waals surface area (Å²) in [5.74, 6) is 0.417. The normalized spacial score (nSPS) is 23.9. The predicted octanol–water partition coefficient (Wildman–Crippen LogP) is 2.01. The molecule has 0 spiro atoms. The second-order valence-corrected chi connectivity index (χ2v) is 5.37. The van der Waals surface area contributed by atoms with Gasteiger partial charge in [-0.15, -0.1) is 0 Å². The Morgan fingerprint density at radius 1 is 1.71 bits per heavy atom. The second kappa shape index (κ2) is 5.69. The lowest BCUT2D eigenvalue weighted by Crippen LogP contribution is -2.53. The molecule has 1 aliphatic carbocycles. The molecule has 1 aliphatic rings. The molecule has 0 heterocycles. The van der Waals surface area contributed by atoms with Crippen molar-refractivity contribution in [3.63, 3.8) is 0 Å². The Hall–Kier alpha value is -0.810. The molecular weight excluding hydrogens is 238 g/mol. The summed E-state index contributed by atoms with van der Waals surface area (Å²) in [6.45, 7) is 5.14. The Labute approximate surface area is 106 Å². The zero-order valence-electron chi connectivity index (χ0n) is 10.4. The van der Waals surface area contributed by atoms with Crippen LogP contribution in [0.15, 0.2) is 11.6 Å². The van der Waals surface area contributed by atoms with Crippen molar-refractivity contribution in [2.24, 2.45) is 5.92 Å². The summed E-state index contributed by atoms with van der Waals surface area (Å²) in [5, 5.41) is 2.86. The number of carbonyl (C=O) groups excluding carboxylic acids is 2. The Morgan fingerprint density at radius 3 is 2.82 bits per heavy atom. The fourth-order valence-electron chi connectivity index (χ4n) is 2.18. The molecule has 1 amide bonds. The van der Waals surface area contributed by atoms with Gasteiger partial charge < -0.3 is 9.87 Å². The van der Waals surface area contributed by atoms with Crippen molar-refractivity contribution in [2.45, 2.75) is 39.2 Å². The standard InChI is InChI=1S/C12H19NO3S/c1-8-4-5-10(6-11(8)15)12(3,7-17-16)13-9(2)14/h4,10,16H,5-7H2,1-3H3,(H,13,14). The van der Waals surface area contributed by atoms with E-state index in [2.05, 4.69) is 5.32 Å². The first-order valence-electron chi connectivity index (χ1n) is 5.64. The van der Waals surface area contributed by atoms with Crippen LogP contribution in [-0.2, 0) is 9.59 Å². The van der Waals surface area contributed by atoms with Crippen molar-refractivity contribution in [3.05, 3.63) is 11.6 Å². The lowest BCUT2D eigenvalue weighted by atomic mass is 9.77. The van der Waals surface area contributed by atoms with E-state index >= 15 is 0 Å². The summed E-state index contributed by atoms with van der Waals surface area (Å²) in [6.07, 6.45) is 3.10. The molecule has 96 valence electrons. The number of allylic oxidation sites excluding steroid dienone is 2. The molecule has 4 nitrogen and oxygen atoms in total. The summed E-state index contributed by atoms with van der Waals surface area (Å²) in [7, 11) is 0. The Balaban J connectivity index is 2.85. The number of nitrogens with one attached hydrogen (secondary N) is 1. The zero-order chi connectivity index (χ0) is 13.1. The van der Waals surface area contributed by atoms with Gasteiger partial charge in [0.1, 0.15) is 0 Å². The monoisotopic (exact) mass is 257 g/mol. The molecule has 17 heavy (non-hydrogen) atoms. The van der Waals surface area contributed by atoms with Crippen molar-refractivity contribution in [1.82, 2.24) is 5.32 Å². The molecule has 2 N–H and O–H groups in total. The van der Waals surface area contributed by atoms with Gasteiger partial charge in [-0.25, -0.2) is 0 Å². The lowest BCUT2D eigenvalue weighted by molar-refractivity contribution is -0.123. The molecule has 0 aromatic heterocycles. The van der Waals surface area contributed by atoms with Crippen LogP contribution in [0.3, 0.4) is 0 Å². The number of hydrogen-bond acceptors (Lipinski definition) is 4. The summed E-state index contributed by atoms with van der Waals surface area (Å²) in [5.41, 5.74) is 0.251. The van der Waals surface area contributed by atoms with E-state index in [9.17, 15) is 9.59 Å². The zero-order valence-corrected chi connectivity index (χ0v) is 11.3. The number of carbonyl (C=O) groups is 2. The van der Waals surface area contributed by atoms with E-state index in [1.54, 1.807) is 0 Å². The van der Waals surface area contributed by atoms with Crippen molar-refractivity contribution in [2.75, 3.05) is 5.75 Å². The van der Waals surface area contributed by atoms with Crippen molar-refractivity contribution < 1.29 is 14.1 Å². The van der Waals surface area contributed by atoms with Gasteiger partial charge >= 0.3 is 0 Å². The molecular formula is C12H19NO3S. The first kappa shape index (κ1) is 14.3. The van der Waals surface area contributed by atoms with Gasteiger partial charge in [0.25, 0.3) is 0 Å². The van der Waals surface area contributed by atoms with E-state index in [0.29, 0.717) is 24.2 Å². The van der Waals surface area contributed by atoms with Gasteiger partial charge in [0.05, 0.1) is 5.54 Å². The molecule has 0 saturated carbocycles. The van der Waals surface area contributed by atoms with E-state index < -0.39 is 5.54 Å². The molecule has 0 aromatic carbocycles. The average molecular weight is 257 g/mol. The molecule has 0 saturated heterocycles. The van der Waals surface area contributed by atoms with Crippen LogP contribution in [0.4, 0.5) is 0 Å². The highest BCUT2D eigenvalue weighted by Gasteiger charge is 2.37. The number of hydrogen-bond donors (Lipinski definition) is 2. The maximum absolute atomic E-state index is 11.7. The van der Waals surface area contributed by atoms with E-state index in [0.717, 1.165) is 12.0 Å². The molecule has 0 bridgehead atoms. The Kier molecular flexibility index (Phi) is 4.77. The number of Topliss-reactive ketones (excluding diaryl/α,β-unsaturated/α-hetero) is 1. The molecule has 0 aliphatic heterocycles. The van der Waals surface area contributed by atoms with Crippen molar-refractivity contribution in [1.29, 1.82) is 0 Å². The van der Waals surface area contributed by atoms with E-state index in [1.165, 1.54) is 6.92 Å². The SMILES string of the molecule is CC(=O)NC(C)(CSO)C1CC=C(C)C(=O)C1. The van der Waals surface area contributed by atoms with Gasteiger partial charge in [-0.05, 0) is 43.8 Å². The Morgan fingerprint density at radius 2 is 2.35 bits per heavy atom. The van der Waals surface area contributed by atoms with Crippen LogP contribution in [0, 0.1) is 5.92 Å². The van der Waals surface area contributed by atoms with E-state index in [-0.39, 0.29) is 17.6 Å². The topological polar surface area (TPSA) is 66.4 Å². The molecule has 0 radical (unpaired) electrons. The highest BCUT2D eigenvalue weighted by molar-refractivity contribution is 7.93. The van der Waals surface area contributed by atoms with Gasteiger partial charge in [-0.1, -0.05) is 6.08 Å². The van der Waals surface area contributed by atoms with Crippen molar-refractivity contribution >= 4 is 23.7 Å². The summed E-state index contributed by atoms with van der Waals surface area (Å²) >= 11 is 0.700. The predicted molar refractivity (Wildman–Crippen MR) is 68.8 cm³/mol. The summed E-state index contributed by atoms with van der Waals surface area (Å²) < 4.78 is 9.03. The smallest absolute Gasteiger partial charge is 0.217 e. The van der Waals surface area contributed by atoms with Crippen LogP contribution in [-0.4, -0.2) is 27.5 Å². The van der Waals surface area contributed by atoms with Crippen LogP contribution in [0.25, 0.3) is 0 Å². The van der Waals surface area contributed by atoms with Gasteiger partial charge in [0, 0.05) is 19.1 Å². The third kappa shape index (κ3) is 3.57. The first-order chi connectivity index (χ1) is 7.89. The number of rotatable bonds is 4. The summed E-state index contributed by atoms with van der Waals surface area (Å²) in [4.78, 5) is 22.9. The highest BCUT2D eigenvalue weighted by atomic mass is 32.2. The van der Waals surface area contributed by atoms with Crippen LogP contribution >= 0.6 is 12.0 Å². The maximum atomic E-state index is 11.7. The third-order valence-corrected chi connectivity index (χ3v) is 4.04. The minimum absolute atomic E-state index is 0.0437. The average Bonchev–Trinajstić information content (AvgIpc) is 2.21. The van der Waals surface area contributed by atoms with Crippen LogP contribution < -0.4 is 5.32 Å². The van der Waals surface area contributed by atoms with Gasteiger partial charge in [0.2, 0.25) is 5.91 Å². The molecule has 5 heteroatoms. The minimum Gasteiger partial charge on any atom is -0.350 e. The lowest BCUT2D eigenvalue weighted by Gasteiger charge is -2.38.